The molecule has 0 unspecified atom stereocenters. The van der Waals surface area contributed by atoms with Crippen LogP contribution in [0.25, 0.3) is 0 Å². The monoisotopic (exact) mass is 263 g/mol. The van der Waals surface area contributed by atoms with Gasteiger partial charge in [-0.2, -0.15) is 0 Å². The predicted molar refractivity (Wildman–Crippen MR) is 76.1 cm³/mol. The number of amides is 2. The Balaban J connectivity index is 2.50. The Morgan fingerprint density at radius 3 is 2.32 bits per heavy atom. The second kappa shape index (κ2) is 6.89. The average Bonchev–Trinajstić information content (AvgIpc) is 2.33. The molecule has 2 amide bonds. The molecule has 1 rings (SSSR count). The predicted octanol–water partition coefficient (Wildman–Crippen LogP) is 0.920. The molecule has 0 aromatic heterocycles. The van der Waals surface area contributed by atoms with E-state index in [1.807, 2.05) is 32.0 Å². The number of nitrogens with one attached hydrogen (secondary N) is 2. The van der Waals surface area contributed by atoms with Gasteiger partial charge in [0.1, 0.15) is 0 Å². The van der Waals surface area contributed by atoms with E-state index in [0.29, 0.717) is 0 Å². The van der Waals surface area contributed by atoms with E-state index in [1.165, 1.54) is 5.56 Å². The lowest BCUT2D eigenvalue weighted by atomic mass is 10.1. The summed E-state index contributed by atoms with van der Waals surface area (Å²) in [5.74, 6) is -0.240. The molecular weight excluding hydrogens is 242 g/mol. The normalized spacial score (nSPS) is 10.4. The molecule has 19 heavy (non-hydrogen) atoms. The third-order valence-electron chi connectivity index (χ3n) is 2.90. The van der Waals surface area contributed by atoms with Gasteiger partial charge in [-0.15, -0.1) is 0 Å². The summed E-state index contributed by atoms with van der Waals surface area (Å²) in [5, 5.41) is 5.34. The first-order chi connectivity index (χ1) is 8.92. The van der Waals surface area contributed by atoms with Crippen LogP contribution in [0.1, 0.15) is 11.1 Å². The number of rotatable bonds is 5. The molecule has 5 nitrogen and oxygen atoms in total. The van der Waals surface area contributed by atoms with Crippen LogP contribution in [0.15, 0.2) is 18.2 Å². The molecule has 0 heterocycles. The van der Waals surface area contributed by atoms with Crippen LogP contribution in [-0.2, 0) is 9.59 Å². The lowest BCUT2D eigenvalue weighted by Crippen LogP contribution is -2.37. The molecule has 0 saturated heterocycles. The Bertz CT molecular complexity index is 472. The molecule has 0 radical (unpaired) electrons. The number of nitrogens with zero attached hydrogens (tertiary/aromatic N) is 1. The van der Waals surface area contributed by atoms with E-state index in [9.17, 15) is 9.59 Å². The van der Waals surface area contributed by atoms with Gasteiger partial charge in [0.2, 0.25) is 11.8 Å². The quantitative estimate of drug-likeness (QED) is 0.830. The average molecular weight is 263 g/mol. The van der Waals surface area contributed by atoms with Crippen molar-refractivity contribution < 1.29 is 9.59 Å². The summed E-state index contributed by atoms with van der Waals surface area (Å²) in [4.78, 5) is 24.6. The highest BCUT2D eigenvalue weighted by Crippen LogP contribution is 2.13. The van der Waals surface area contributed by atoms with E-state index >= 15 is 0 Å². The summed E-state index contributed by atoms with van der Waals surface area (Å²) in [5.41, 5.74) is 3.10. The lowest BCUT2D eigenvalue weighted by molar-refractivity contribution is -0.122. The highest BCUT2D eigenvalue weighted by Gasteiger charge is 2.10. The summed E-state index contributed by atoms with van der Waals surface area (Å²) in [7, 11) is 3.31. The van der Waals surface area contributed by atoms with Crippen LogP contribution in [0, 0.1) is 13.8 Å². The van der Waals surface area contributed by atoms with Crippen molar-refractivity contribution in [3.8, 4) is 0 Å². The highest BCUT2D eigenvalue weighted by atomic mass is 16.2. The molecule has 0 bridgehead atoms. The van der Waals surface area contributed by atoms with Gasteiger partial charge < -0.3 is 10.6 Å². The smallest absolute Gasteiger partial charge is 0.238 e. The van der Waals surface area contributed by atoms with Gasteiger partial charge in [0.05, 0.1) is 13.1 Å². The summed E-state index contributed by atoms with van der Waals surface area (Å²) in [6, 6.07) is 5.78. The van der Waals surface area contributed by atoms with Crippen molar-refractivity contribution in [2.75, 3.05) is 32.5 Å². The molecule has 1 aromatic rings. The second-order valence-electron chi connectivity index (χ2n) is 4.69. The minimum atomic E-state index is -0.130. The Hall–Kier alpha value is -1.88. The summed E-state index contributed by atoms with van der Waals surface area (Å²) >= 11 is 0. The molecule has 5 heteroatoms. The molecular formula is C14H21N3O2. The van der Waals surface area contributed by atoms with Gasteiger partial charge in [-0.3, -0.25) is 14.5 Å². The highest BCUT2D eigenvalue weighted by molar-refractivity contribution is 5.92. The molecule has 0 atom stereocenters. The summed E-state index contributed by atoms with van der Waals surface area (Å²) in [6.45, 7) is 4.41. The van der Waals surface area contributed by atoms with Crippen molar-refractivity contribution in [3.63, 3.8) is 0 Å². The number of carbonyl (C=O) groups is 2. The molecule has 1 aromatic carbocycles. The minimum Gasteiger partial charge on any atom is -0.358 e. The van der Waals surface area contributed by atoms with Crippen LogP contribution < -0.4 is 10.6 Å². The van der Waals surface area contributed by atoms with Crippen LogP contribution >= 0.6 is 0 Å². The van der Waals surface area contributed by atoms with Crippen molar-refractivity contribution in [3.05, 3.63) is 29.3 Å². The Morgan fingerprint density at radius 2 is 1.74 bits per heavy atom. The molecule has 0 aliphatic rings. The van der Waals surface area contributed by atoms with Crippen molar-refractivity contribution in [1.29, 1.82) is 0 Å². The fourth-order valence-corrected chi connectivity index (χ4v) is 1.64. The van der Waals surface area contributed by atoms with Gasteiger partial charge in [-0.1, -0.05) is 6.07 Å². The van der Waals surface area contributed by atoms with Gasteiger partial charge in [0, 0.05) is 12.7 Å². The van der Waals surface area contributed by atoms with Crippen molar-refractivity contribution >= 4 is 17.5 Å². The first-order valence-electron chi connectivity index (χ1n) is 6.18. The van der Waals surface area contributed by atoms with Crippen LogP contribution in [0.5, 0.6) is 0 Å². The van der Waals surface area contributed by atoms with Crippen LogP contribution in [0.2, 0.25) is 0 Å². The van der Waals surface area contributed by atoms with E-state index in [2.05, 4.69) is 10.6 Å². The van der Waals surface area contributed by atoms with Crippen molar-refractivity contribution in [2.24, 2.45) is 0 Å². The maximum atomic E-state index is 11.8. The fourth-order valence-electron chi connectivity index (χ4n) is 1.64. The van der Waals surface area contributed by atoms with Crippen LogP contribution in [-0.4, -0.2) is 43.9 Å². The molecule has 2 N–H and O–H groups in total. The molecule has 0 spiro atoms. The number of aryl methyl sites for hydroxylation is 2. The number of anilines is 1. The van der Waals surface area contributed by atoms with Gasteiger partial charge in [-0.25, -0.2) is 0 Å². The Kier molecular flexibility index (Phi) is 5.51. The molecule has 0 fully saturated rings. The first kappa shape index (κ1) is 15.2. The number of benzene rings is 1. The molecule has 0 aliphatic heterocycles. The van der Waals surface area contributed by atoms with Crippen molar-refractivity contribution in [1.82, 2.24) is 10.2 Å². The molecule has 104 valence electrons. The SMILES string of the molecule is CNC(=O)CN(C)CC(=O)Nc1ccc(C)c(C)c1. The van der Waals surface area contributed by atoms with Crippen molar-refractivity contribution in [2.45, 2.75) is 13.8 Å². The maximum Gasteiger partial charge on any atom is 0.238 e. The Labute approximate surface area is 114 Å². The van der Waals surface area contributed by atoms with Gasteiger partial charge in [0.15, 0.2) is 0 Å². The van der Waals surface area contributed by atoms with Gasteiger partial charge >= 0.3 is 0 Å². The van der Waals surface area contributed by atoms with Gasteiger partial charge in [-0.05, 0) is 44.2 Å². The van der Waals surface area contributed by atoms with E-state index in [0.717, 1.165) is 11.3 Å². The number of hydrogen-bond acceptors (Lipinski definition) is 3. The third-order valence-corrected chi connectivity index (χ3v) is 2.90. The second-order valence-corrected chi connectivity index (χ2v) is 4.69. The first-order valence-corrected chi connectivity index (χ1v) is 6.18. The zero-order chi connectivity index (χ0) is 14.4. The van der Waals surface area contributed by atoms with E-state index in [4.69, 9.17) is 0 Å². The molecule has 0 aliphatic carbocycles. The third kappa shape index (κ3) is 5.09. The summed E-state index contributed by atoms with van der Waals surface area (Å²) < 4.78 is 0. The zero-order valence-corrected chi connectivity index (χ0v) is 11.9. The Morgan fingerprint density at radius 1 is 1.11 bits per heavy atom. The minimum absolute atomic E-state index is 0.110. The fraction of sp³-hybridized carbons (Fsp3) is 0.429. The van der Waals surface area contributed by atoms with E-state index in [1.54, 1.807) is 19.0 Å². The topological polar surface area (TPSA) is 61.4 Å². The summed E-state index contributed by atoms with van der Waals surface area (Å²) in [6.07, 6.45) is 0. The zero-order valence-electron chi connectivity index (χ0n) is 11.9. The van der Waals surface area contributed by atoms with Crippen LogP contribution in [0.4, 0.5) is 5.69 Å². The van der Waals surface area contributed by atoms with E-state index < -0.39 is 0 Å². The number of carbonyl (C=O) groups excluding carboxylic acids is 2. The largest absolute Gasteiger partial charge is 0.358 e. The standard InChI is InChI=1S/C14H21N3O2/c1-10-5-6-12(7-11(10)2)16-14(19)9-17(4)8-13(18)15-3/h5-7H,8-9H2,1-4H3,(H,15,18)(H,16,19). The number of likely N-dealkylation sites (N-methyl/N-ethyl adjacent to an activating group) is 2. The lowest BCUT2D eigenvalue weighted by Gasteiger charge is -2.15. The number of hydrogen-bond donors (Lipinski definition) is 2. The van der Waals surface area contributed by atoms with E-state index in [-0.39, 0.29) is 24.9 Å². The van der Waals surface area contributed by atoms with Crippen LogP contribution in [0.3, 0.4) is 0 Å². The molecule has 0 saturated carbocycles. The van der Waals surface area contributed by atoms with Gasteiger partial charge in [0.25, 0.3) is 0 Å². The maximum absolute atomic E-state index is 11.8.